The quantitative estimate of drug-likeness (QED) is 0.817. The molecule has 1 aromatic carbocycles. The van der Waals surface area contributed by atoms with Crippen LogP contribution in [-0.4, -0.2) is 24.5 Å². The molecule has 112 valence electrons. The summed E-state index contributed by atoms with van der Waals surface area (Å²) in [6, 6.07) is 6.35. The third kappa shape index (κ3) is 5.19. The summed E-state index contributed by atoms with van der Waals surface area (Å²) in [5.41, 5.74) is 6.75. The highest BCUT2D eigenvalue weighted by atomic mass is 35.5. The molecule has 2 atom stereocenters. The van der Waals surface area contributed by atoms with Crippen molar-refractivity contribution in [3.8, 4) is 0 Å². The Morgan fingerprint density at radius 2 is 1.80 bits per heavy atom. The Labute approximate surface area is 125 Å². The van der Waals surface area contributed by atoms with E-state index in [4.69, 9.17) is 10.5 Å². The van der Waals surface area contributed by atoms with Gasteiger partial charge in [-0.05, 0) is 38.1 Å². The van der Waals surface area contributed by atoms with Gasteiger partial charge in [0, 0.05) is 11.7 Å². The largest absolute Gasteiger partial charge is 0.462 e. The fourth-order valence-corrected chi connectivity index (χ4v) is 1.40. The minimum absolute atomic E-state index is 0. The number of rotatable bonds is 5. The Morgan fingerprint density at radius 3 is 2.25 bits per heavy atom. The van der Waals surface area contributed by atoms with Crippen LogP contribution in [0.15, 0.2) is 24.3 Å². The Kier molecular flexibility index (Phi) is 7.87. The van der Waals surface area contributed by atoms with Crippen LogP contribution in [0.25, 0.3) is 0 Å². The van der Waals surface area contributed by atoms with Gasteiger partial charge in [-0.25, -0.2) is 4.79 Å². The predicted molar refractivity (Wildman–Crippen MR) is 81.1 cm³/mol. The average Bonchev–Trinajstić information content (AvgIpc) is 2.38. The summed E-state index contributed by atoms with van der Waals surface area (Å²) < 4.78 is 4.88. The molecule has 1 amide bonds. The number of halogens is 1. The molecule has 6 heteroatoms. The maximum atomic E-state index is 11.8. The summed E-state index contributed by atoms with van der Waals surface area (Å²) in [4.78, 5) is 23.2. The molecular formula is C14H21ClN2O3. The molecule has 0 bridgehead atoms. The van der Waals surface area contributed by atoms with Crippen molar-refractivity contribution in [3.05, 3.63) is 29.8 Å². The van der Waals surface area contributed by atoms with E-state index in [0.29, 0.717) is 17.9 Å². The number of carbonyl (C=O) groups excluding carboxylic acids is 2. The molecule has 0 saturated heterocycles. The van der Waals surface area contributed by atoms with E-state index in [1.165, 1.54) is 0 Å². The molecule has 1 rings (SSSR count). The molecule has 2 unspecified atom stereocenters. The zero-order valence-corrected chi connectivity index (χ0v) is 12.7. The molecule has 0 spiro atoms. The van der Waals surface area contributed by atoms with E-state index in [1.807, 2.05) is 0 Å². The first-order valence-corrected chi connectivity index (χ1v) is 6.29. The first-order chi connectivity index (χ1) is 8.95. The van der Waals surface area contributed by atoms with Gasteiger partial charge in [0.05, 0.1) is 18.1 Å². The first-order valence-electron chi connectivity index (χ1n) is 6.29. The lowest BCUT2D eigenvalue weighted by molar-refractivity contribution is -0.119. The summed E-state index contributed by atoms with van der Waals surface area (Å²) in [6.45, 7) is 5.65. The monoisotopic (exact) mass is 300 g/mol. The van der Waals surface area contributed by atoms with Crippen molar-refractivity contribution < 1.29 is 14.3 Å². The van der Waals surface area contributed by atoms with Gasteiger partial charge in [-0.2, -0.15) is 0 Å². The van der Waals surface area contributed by atoms with Gasteiger partial charge in [-0.3, -0.25) is 4.79 Å². The highest BCUT2D eigenvalue weighted by Crippen LogP contribution is 2.12. The van der Waals surface area contributed by atoms with Crippen LogP contribution in [-0.2, 0) is 9.53 Å². The van der Waals surface area contributed by atoms with E-state index in [1.54, 1.807) is 45.0 Å². The van der Waals surface area contributed by atoms with Crippen LogP contribution >= 0.6 is 12.4 Å². The Morgan fingerprint density at radius 1 is 1.25 bits per heavy atom. The zero-order valence-electron chi connectivity index (χ0n) is 11.9. The second-order valence-electron chi connectivity index (χ2n) is 4.43. The van der Waals surface area contributed by atoms with E-state index < -0.39 is 0 Å². The van der Waals surface area contributed by atoms with Crippen LogP contribution in [0.2, 0.25) is 0 Å². The van der Waals surface area contributed by atoms with E-state index in [9.17, 15) is 9.59 Å². The normalized spacial score (nSPS) is 12.8. The molecule has 0 aromatic heterocycles. The molecule has 3 N–H and O–H groups in total. The van der Waals surface area contributed by atoms with Gasteiger partial charge in [-0.1, -0.05) is 6.92 Å². The van der Waals surface area contributed by atoms with Gasteiger partial charge in [-0.15, -0.1) is 12.4 Å². The number of benzene rings is 1. The predicted octanol–water partition coefficient (Wildman–Crippen LogP) is 2.21. The highest BCUT2D eigenvalue weighted by molar-refractivity contribution is 5.94. The van der Waals surface area contributed by atoms with Crippen molar-refractivity contribution in [3.63, 3.8) is 0 Å². The minimum atomic E-state index is -0.371. The summed E-state index contributed by atoms with van der Waals surface area (Å²) in [5, 5.41) is 2.75. The van der Waals surface area contributed by atoms with E-state index in [0.717, 1.165) is 0 Å². The molecule has 0 saturated carbocycles. The molecule has 5 nitrogen and oxygen atoms in total. The Hall–Kier alpha value is -1.59. The van der Waals surface area contributed by atoms with Crippen LogP contribution in [0.4, 0.5) is 5.69 Å². The summed E-state index contributed by atoms with van der Waals surface area (Å²) in [7, 11) is 0. The van der Waals surface area contributed by atoms with E-state index in [-0.39, 0.29) is 36.2 Å². The molecule has 0 aliphatic carbocycles. The number of ether oxygens (including phenoxy) is 1. The van der Waals surface area contributed by atoms with Crippen LogP contribution in [0.5, 0.6) is 0 Å². The SMILES string of the molecule is CCOC(=O)c1ccc(NC(=O)C(C)C(C)N)cc1.Cl. The number of hydrogen-bond donors (Lipinski definition) is 2. The van der Waals surface area contributed by atoms with Crippen LogP contribution < -0.4 is 11.1 Å². The summed E-state index contributed by atoms with van der Waals surface area (Å²) in [6.07, 6.45) is 0. The molecule has 0 radical (unpaired) electrons. The van der Waals surface area contributed by atoms with Crippen molar-refractivity contribution in [2.75, 3.05) is 11.9 Å². The van der Waals surface area contributed by atoms with Crippen molar-refractivity contribution >= 4 is 30.0 Å². The molecule has 1 aromatic rings. The number of esters is 1. The second kappa shape index (κ2) is 8.55. The van der Waals surface area contributed by atoms with Gasteiger partial charge in [0.1, 0.15) is 0 Å². The third-order valence-corrected chi connectivity index (χ3v) is 2.87. The van der Waals surface area contributed by atoms with Crippen molar-refractivity contribution in [2.24, 2.45) is 11.7 Å². The molecule has 20 heavy (non-hydrogen) atoms. The lowest BCUT2D eigenvalue weighted by Crippen LogP contribution is -2.34. The molecule has 0 aliphatic rings. The number of nitrogens with one attached hydrogen (secondary N) is 1. The smallest absolute Gasteiger partial charge is 0.338 e. The number of amides is 1. The lowest BCUT2D eigenvalue weighted by Gasteiger charge is -2.15. The number of hydrogen-bond acceptors (Lipinski definition) is 4. The molecular weight excluding hydrogens is 280 g/mol. The topological polar surface area (TPSA) is 81.4 Å². The number of anilines is 1. The third-order valence-electron chi connectivity index (χ3n) is 2.87. The lowest BCUT2D eigenvalue weighted by atomic mass is 10.0. The van der Waals surface area contributed by atoms with Crippen LogP contribution in [0, 0.1) is 5.92 Å². The minimum Gasteiger partial charge on any atom is -0.462 e. The van der Waals surface area contributed by atoms with Crippen LogP contribution in [0.3, 0.4) is 0 Å². The number of carbonyl (C=O) groups is 2. The second-order valence-corrected chi connectivity index (χ2v) is 4.43. The Bertz CT molecular complexity index is 446. The maximum absolute atomic E-state index is 11.8. The fraction of sp³-hybridized carbons (Fsp3) is 0.429. The average molecular weight is 301 g/mol. The molecule has 0 heterocycles. The van der Waals surface area contributed by atoms with Crippen molar-refractivity contribution in [1.29, 1.82) is 0 Å². The zero-order chi connectivity index (χ0) is 14.4. The van der Waals surface area contributed by atoms with Crippen molar-refractivity contribution in [2.45, 2.75) is 26.8 Å². The van der Waals surface area contributed by atoms with Crippen LogP contribution in [0.1, 0.15) is 31.1 Å². The van der Waals surface area contributed by atoms with Gasteiger partial charge in [0.2, 0.25) is 5.91 Å². The van der Waals surface area contributed by atoms with E-state index in [2.05, 4.69) is 5.32 Å². The highest BCUT2D eigenvalue weighted by Gasteiger charge is 2.17. The van der Waals surface area contributed by atoms with Gasteiger partial charge in [0.15, 0.2) is 0 Å². The maximum Gasteiger partial charge on any atom is 0.338 e. The van der Waals surface area contributed by atoms with Gasteiger partial charge in [0.25, 0.3) is 0 Å². The Balaban J connectivity index is 0.00000361. The summed E-state index contributed by atoms with van der Waals surface area (Å²) in [5.74, 6) is -0.784. The first kappa shape index (κ1) is 18.4. The summed E-state index contributed by atoms with van der Waals surface area (Å²) >= 11 is 0. The van der Waals surface area contributed by atoms with Crippen molar-refractivity contribution in [1.82, 2.24) is 0 Å². The molecule has 0 fully saturated rings. The van der Waals surface area contributed by atoms with Gasteiger partial charge < -0.3 is 15.8 Å². The standard InChI is InChI=1S/C14H20N2O3.ClH/c1-4-19-14(18)11-5-7-12(8-6-11)16-13(17)9(2)10(3)15;/h5-10H,4,15H2,1-3H3,(H,16,17);1H. The van der Waals surface area contributed by atoms with E-state index >= 15 is 0 Å². The number of nitrogens with two attached hydrogens (primary N) is 1. The molecule has 0 aliphatic heterocycles. The fourth-order valence-electron chi connectivity index (χ4n) is 1.40. The van der Waals surface area contributed by atoms with Gasteiger partial charge >= 0.3 is 5.97 Å².